The van der Waals surface area contributed by atoms with Crippen molar-refractivity contribution >= 4 is 6.29 Å². The summed E-state index contributed by atoms with van der Waals surface area (Å²) in [6.07, 6.45) is 6.61. The molecular weight excluding hydrogens is 426 g/mol. The van der Waals surface area contributed by atoms with Gasteiger partial charge in [-0.2, -0.15) is 0 Å². The van der Waals surface area contributed by atoms with Crippen molar-refractivity contribution in [3.05, 3.63) is 108 Å². The molecular formula is C25H26F2N4O2. The third kappa shape index (κ3) is 5.78. The number of halogens is 2. The number of aldehydes is 1. The van der Waals surface area contributed by atoms with Gasteiger partial charge in [0.2, 0.25) is 0 Å². The van der Waals surface area contributed by atoms with Gasteiger partial charge in [0, 0.05) is 0 Å². The Bertz CT molecular complexity index is 1170. The van der Waals surface area contributed by atoms with Crippen molar-refractivity contribution in [1.29, 1.82) is 0 Å². The molecule has 0 aliphatic rings. The lowest BCUT2D eigenvalue weighted by Crippen LogP contribution is -2.10. The minimum atomic E-state index is -0.569. The molecule has 2 aromatic heterocycles. The molecule has 0 radical (unpaired) electrons. The topological polar surface area (TPSA) is 72.9 Å². The van der Waals surface area contributed by atoms with Gasteiger partial charge in [-0.1, -0.05) is 24.3 Å². The third-order valence-electron chi connectivity index (χ3n) is 5.48. The van der Waals surface area contributed by atoms with Crippen LogP contribution in [0.15, 0.2) is 73.6 Å². The molecule has 0 aliphatic carbocycles. The minimum Gasteiger partial charge on any atom is -0.387 e. The second-order valence-electron chi connectivity index (χ2n) is 7.70. The van der Waals surface area contributed by atoms with Crippen molar-refractivity contribution in [2.45, 2.75) is 39.0 Å². The highest BCUT2D eigenvalue weighted by Gasteiger charge is 2.14. The van der Waals surface area contributed by atoms with E-state index in [0.29, 0.717) is 5.69 Å². The molecule has 33 heavy (non-hydrogen) atoms. The largest absolute Gasteiger partial charge is 0.387 e. The molecule has 0 saturated heterocycles. The number of carbonyl (C=O) groups is 1. The van der Waals surface area contributed by atoms with Gasteiger partial charge in [0.05, 0.1) is 48.9 Å². The van der Waals surface area contributed by atoms with Gasteiger partial charge in [0.15, 0.2) is 6.29 Å². The quantitative estimate of drug-likeness (QED) is 0.412. The maximum Gasteiger partial charge on any atom is 0.168 e. The molecule has 0 fully saturated rings. The monoisotopic (exact) mass is 452 g/mol. The van der Waals surface area contributed by atoms with Gasteiger partial charge in [-0.05, 0) is 56.2 Å². The van der Waals surface area contributed by atoms with Crippen LogP contribution in [0.2, 0.25) is 0 Å². The smallest absolute Gasteiger partial charge is 0.168 e. The van der Waals surface area contributed by atoms with E-state index in [2.05, 4.69) is 9.97 Å². The molecule has 4 aromatic rings. The first-order valence-electron chi connectivity index (χ1n) is 10.5. The van der Waals surface area contributed by atoms with Gasteiger partial charge in [-0.3, -0.25) is 4.79 Å². The summed E-state index contributed by atoms with van der Waals surface area (Å²) in [5.41, 5.74) is 3.17. The first-order valence-corrected chi connectivity index (χ1v) is 10.5. The Morgan fingerprint density at radius 3 is 1.73 bits per heavy atom. The van der Waals surface area contributed by atoms with Gasteiger partial charge in [0.1, 0.15) is 17.3 Å². The van der Waals surface area contributed by atoms with E-state index in [9.17, 15) is 18.7 Å². The molecule has 3 atom stereocenters. The van der Waals surface area contributed by atoms with E-state index in [0.717, 1.165) is 23.1 Å². The fourth-order valence-corrected chi connectivity index (χ4v) is 3.50. The number of rotatable bonds is 6. The molecule has 172 valence electrons. The summed E-state index contributed by atoms with van der Waals surface area (Å²) in [7, 11) is 0. The maximum atomic E-state index is 12.8. The highest BCUT2D eigenvalue weighted by Crippen LogP contribution is 2.23. The lowest BCUT2D eigenvalue weighted by atomic mass is 10.1. The summed E-state index contributed by atoms with van der Waals surface area (Å²) in [6, 6.07) is 12.6. The Balaban J connectivity index is 0.000000186. The number of nitrogens with zero attached hydrogens (tertiary/aromatic N) is 4. The number of carbonyl (C=O) groups excluding carboxylic acids is 1. The highest BCUT2D eigenvalue weighted by molar-refractivity contribution is 5.71. The Morgan fingerprint density at radius 2 is 1.24 bits per heavy atom. The fourth-order valence-electron chi connectivity index (χ4n) is 3.50. The first kappa shape index (κ1) is 24.0. The lowest BCUT2D eigenvalue weighted by Gasteiger charge is -2.18. The van der Waals surface area contributed by atoms with Gasteiger partial charge in [0.25, 0.3) is 0 Å². The van der Waals surface area contributed by atoms with E-state index < -0.39 is 6.10 Å². The molecule has 0 bridgehead atoms. The Kier molecular flexibility index (Phi) is 7.84. The lowest BCUT2D eigenvalue weighted by molar-refractivity contribution is 0.111. The van der Waals surface area contributed by atoms with Gasteiger partial charge >= 0.3 is 0 Å². The van der Waals surface area contributed by atoms with E-state index in [1.54, 1.807) is 54.6 Å². The van der Waals surface area contributed by atoms with Crippen LogP contribution in [0, 0.1) is 11.6 Å². The summed E-state index contributed by atoms with van der Waals surface area (Å²) in [4.78, 5) is 18.7. The SMILES string of the molecule is CC(O)c1cncn1[C@H](C)c1ccc(F)cc1.C[C@H](c1ccc(F)cc1)n1cncc1C=O. The van der Waals surface area contributed by atoms with Crippen LogP contribution in [0.25, 0.3) is 0 Å². The minimum absolute atomic E-state index is 0.0164. The van der Waals surface area contributed by atoms with Crippen LogP contribution in [0.5, 0.6) is 0 Å². The van der Waals surface area contributed by atoms with Crippen LogP contribution >= 0.6 is 0 Å². The van der Waals surface area contributed by atoms with Crippen molar-refractivity contribution in [2.24, 2.45) is 0 Å². The molecule has 2 aromatic carbocycles. The van der Waals surface area contributed by atoms with Crippen molar-refractivity contribution in [3.63, 3.8) is 0 Å². The standard InChI is InChI=1S/C13H15FN2O.C12H11FN2O/c1-9(11-3-5-12(14)6-4-11)16-8-15-7-13(16)10(2)17;1-9(10-2-4-11(13)5-3-10)15-8-14-6-12(15)7-16/h3-10,17H,1-2H3;2-9H,1H3/t9-,10?;9-/m11/s1. The number of hydrogen-bond acceptors (Lipinski definition) is 4. The van der Waals surface area contributed by atoms with E-state index in [1.165, 1.54) is 30.5 Å². The molecule has 1 N–H and O–H groups in total. The van der Waals surface area contributed by atoms with Gasteiger partial charge in [-0.15, -0.1) is 0 Å². The van der Waals surface area contributed by atoms with Crippen LogP contribution in [0.1, 0.15) is 66.3 Å². The molecule has 6 nitrogen and oxygen atoms in total. The Labute approximate surface area is 191 Å². The third-order valence-corrected chi connectivity index (χ3v) is 5.48. The number of hydrogen-bond donors (Lipinski definition) is 1. The van der Waals surface area contributed by atoms with E-state index >= 15 is 0 Å². The van der Waals surface area contributed by atoms with Gasteiger partial charge in [-0.25, -0.2) is 18.7 Å². The van der Waals surface area contributed by atoms with Crippen molar-refractivity contribution in [3.8, 4) is 0 Å². The molecule has 0 spiro atoms. The summed E-state index contributed by atoms with van der Waals surface area (Å²) >= 11 is 0. The Morgan fingerprint density at radius 1 is 0.788 bits per heavy atom. The number of aromatic nitrogens is 4. The average Bonchev–Trinajstić information content (AvgIpc) is 3.49. The van der Waals surface area contributed by atoms with E-state index in [-0.39, 0.29) is 23.7 Å². The summed E-state index contributed by atoms with van der Waals surface area (Å²) in [5.74, 6) is -0.514. The predicted molar refractivity (Wildman–Crippen MR) is 121 cm³/mol. The molecule has 2 heterocycles. The van der Waals surface area contributed by atoms with Gasteiger partial charge < -0.3 is 14.2 Å². The predicted octanol–water partition coefficient (Wildman–Crippen LogP) is 5.13. The second-order valence-corrected chi connectivity index (χ2v) is 7.70. The number of benzene rings is 2. The van der Waals surface area contributed by atoms with E-state index in [4.69, 9.17) is 0 Å². The van der Waals surface area contributed by atoms with Crippen molar-refractivity contribution in [2.75, 3.05) is 0 Å². The maximum absolute atomic E-state index is 12.8. The van der Waals surface area contributed by atoms with E-state index in [1.807, 2.05) is 18.4 Å². The molecule has 0 amide bonds. The normalized spacial score (nSPS) is 13.5. The summed E-state index contributed by atoms with van der Waals surface area (Å²) in [5, 5.41) is 9.61. The zero-order valence-electron chi connectivity index (χ0n) is 18.6. The molecule has 8 heteroatoms. The zero-order chi connectivity index (χ0) is 24.0. The summed E-state index contributed by atoms with van der Waals surface area (Å²) in [6.45, 7) is 5.62. The van der Waals surface area contributed by atoms with Crippen molar-refractivity contribution in [1.82, 2.24) is 19.1 Å². The first-order chi connectivity index (χ1) is 15.8. The van der Waals surface area contributed by atoms with Crippen molar-refractivity contribution < 1.29 is 18.7 Å². The fraction of sp³-hybridized carbons (Fsp3) is 0.240. The van der Waals surface area contributed by atoms with Crippen LogP contribution < -0.4 is 0 Å². The number of aliphatic hydroxyl groups is 1. The summed E-state index contributed by atoms with van der Waals surface area (Å²) < 4.78 is 29.2. The second kappa shape index (κ2) is 10.8. The van der Waals surface area contributed by atoms with Crippen LogP contribution in [-0.4, -0.2) is 30.5 Å². The molecule has 0 aliphatic heterocycles. The highest BCUT2D eigenvalue weighted by atomic mass is 19.1. The number of imidazole rings is 2. The molecule has 1 unspecified atom stereocenters. The molecule has 0 saturated carbocycles. The molecule has 4 rings (SSSR count). The average molecular weight is 453 g/mol. The van der Waals surface area contributed by atoms with Crippen LogP contribution in [-0.2, 0) is 0 Å². The van der Waals surface area contributed by atoms with Crippen LogP contribution in [0.3, 0.4) is 0 Å². The Hall–Kier alpha value is -3.65. The zero-order valence-corrected chi connectivity index (χ0v) is 18.6. The number of aliphatic hydroxyl groups excluding tert-OH is 1. The van der Waals surface area contributed by atoms with Crippen LogP contribution in [0.4, 0.5) is 8.78 Å².